The van der Waals surface area contributed by atoms with Crippen LogP contribution in [0.5, 0.6) is 0 Å². The third kappa shape index (κ3) is 1.16. The van der Waals surface area contributed by atoms with Gasteiger partial charge >= 0.3 is 82.6 Å². The van der Waals surface area contributed by atoms with Gasteiger partial charge in [-0.25, -0.2) is 0 Å². The van der Waals surface area contributed by atoms with Gasteiger partial charge < -0.3 is 0 Å². The molecule has 1 aromatic heterocycles. The SMILES string of the molecule is c1ccc2c(C3CNC3)n[se]c2c1. The number of hydrogen-bond acceptors (Lipinski definition) is 2. The van der Waals surface area contributed by atoms with E-state index in [2.05, 4.69) is 33.6 Å². The fourth-order valence-electron chi connectivity index (χ4n) is 1.68. The van der Waals surface area contributed by atoms with Crippen molar-refractivity contribution in [2.24, 2.45) is 0 Å². The van der Waals surface area contributed by atoms with Gasteiger partial charge in [-0.05, 0) is 0 Å². The van der Waals surface area contributed by atoms with E-state index in [-0.39, 0.29) is 0 Å². The summed E-state index contributed by atoms with van der Waals surface area (Å²) in [5, 5.41) is 4.71. The minimum absolute atomic E-state index is 0.349. The van der Waals surface area contributed by atoms with Crippen molar-refractivity contribution in [2.75, 3.05) is 13.1 Å². The van der Waals surface area contributed by atoms with Crippen LogP contribution in [0.25, 0.3) is 9.65 Å². The Hall–Kier alpha value is -0.631. The van der Waals surface area contributed by atoms with E-state index in [1.54, 1.807) is 0 Å². The Balaban J connectivity index is 2.17. The van der Waals surface area contributed by atoms with Gasteiger partial charge in [0.2, 0.25) is 0 Å². The van der Waals surface area contributed by atoms with Gasteiger partial charge in [0.1, 0.15) is 0 Å². The molecular formula is C10H10N2Se. The zero-order valence-corrected chi connectivity index (χ0v) is 8.87. The first-order chi connectivity index (χ1) is 6.45. The van der Waals surface area contributed by atoms with E-state index < -0.39 is 0 Å². The molecule has 1 fully saturated rings. The van der Waals surface area contributed by atoms with E-state index in [0.717, 1.165) is 13.1 Å². The molecule has 0 unspecified atom stereocenters. The van der Waals surface area contributed by atoms with Crippen LogP contribution in [0.3, 0.4) is 0 Å². The molecule has 2 nitrogen and oxygen atoms in total. The second kappa shape index (κ2) is 2.95. The molecule has 3 rings (SSSR count). The fraction of sp³-hybridized carbons (Fsp3) is 0.300. The maximum absolute atomic E-state index is 4.66. The quantitative estimate of drug-likeness (QED) is 0.748. The summed E-state index contributed by atoms with van der Waals surface area (Å²) in [7, 11) is 0. The number of aromatic nitrogens is 1. The molecule has 0 radical (unpaired) electrons. The average Bonchev–Trinajstić information content (AvgIpc) is 2.47. The van der Waals surface area contributed by atoms with E-state index >= 15 is 0 Å². The molecule has 3 heteroatoms. The summed E-state index contributed by atoms with van der Waals surface area (Å²) in [5.41, 5.74) is 1.36. The Bertz CT molecular complexity index is 431. The van der Waals surface area contributed by atoms with E-state index in [4.69, 9.17) is 0 Å². The summed E-state index contributed by atoms with van der Waals surface area (Å²) < 4.78 is 6.12. The fourth-order valence-corrected chi connectivity index (χ4v) is 3.47. The normalized spacial score (nSPS) is 17.5. The summed E-state index contributed by atoms with van der Waals surface area (Å²) in [5.74, 6) is 0.686. The first-order valence-corrected chi connectivity index (χ1v) is 6.12. The predicted octanol–water partition coefficient (Wildman–Crippen LogP) is 0.979. The second-order valence-electron chi connectivity index (χ2n) is 3.42. The molecule has 0 spiro atoms. The number of benzene rings is 1. The van der Waals surface area contributed by atoms with Crippen LogP contribution in [-0.4, -0.2) is 31.8 Å². The van der Waals surface area contributed by atoms with E-state index in [1.807, 2.05) is 0 Å². The Morgan fingerprint density at radius 3 is 2.92 bits per heavy atom. The molecule has 1 saturated heterocycles. The van der Waals surface area contributed by atoms with Crippen molar-refractivity contribution in [3.8, 4) is 0 Å². The van der Waals surface area contributed by atoms with E-state index in [1.165, 1.54) is 15.3 Å². The van der Waals surface area contributed by atoms with Crippen molar-refractivity contribution in [3.63, 3.8) is 0 Å². The third-order valence-corrected chi connectivity index (χ3v) is 4.34. The van der Waals surface area contributed by atoms with Gasteiger partial charge in [0.15, 0.2) is 0 Å². The Kier molecular flexibility index (Phi) is 1.76. The Morgan fingerprint density at radius 1 is 1.31 bits per heavy atom. The second-order valence-corrected chi connectivity index (χ2v) is 5.11. The Labute approximate surface area is 82.9 Å². The number of hydrogen-bond donors (Lipinski definition) is 1. The van der Waals surface area contributed by atoms with Gasteiger partial charge in [0.25, 0.3) is 0 Å². The molecular weight excluding hydrogens is 227 g/mol. The van der Waals surface area contributed by atoms with Gasteiger partial charge in [0.05, 0.1) is 0 Å². The minimum atomic E-state index is 0.349. The summed E-state index contributed by atoms with van der Waals surface area (Å²) in [6, 6.07) is 8.64. The molecule has 2 heterocycles. The molecule has 1 aromatic carbocycles. The summed E-state index contributed by atoms with van der Waals surface area (Å²) in [6.07, 6.45) is 0. The van der Waals surface area contributed by atoms with Gasteiger partial charge in [0, 0.05) is 0 Å². The van der Waals surface area contributed by atoms with Gasteiger partial charge in [-0.3, -0.25) is 0 Å². The zero-order chi connectivity index (χ0) is 8.67. The standard InChI is InChI=1S/C10H10N2Se/c1-2-4-9-8(3-1)10(12-13-9)7-5-11-6-7/h1-4,7,11H,5-6H2. The van der Waals surface area contributed by atoms with Gasteiger partial charge in [-0.2, -0.15) is 0 Å². The van der Waals surface area contributed by atoms with Crippen LogP contribution in [-0.2, 0) is 0 Å². The number of rotatable bonds is 1. The van der Waals surface area contributed by atoms with Crippen molar-refractivity contribution in [3.05, 3.63) is 30.0 Å². The maximum atomic E-state index is 4.66. The van der Waals surface area contributed by atoms with Crippen molar-refractivity contribution in [1.82, 2.24) is 9.30 Å². The number of fused-ring (bicyclic) bond motifs is 1. The average molecular weight is 237 g/mol. The van der Waals surface area contributed by atoms with Crippen LogP contribution in [0, 0.1) is 0 Å². The first kappa shape index (κ1) is 7.74. The molecule has 0 amide bonds. The molecule has 1 aliphatic heterocycles. The molecule has 2 aromatic rings. The molecule has 1 N–H and O–H groups in total. The van der Waals surface area contributed by atoms with E-state index in [9.17, 15) is 0 Å². The van der Waals surface area contributed by atoms with E-state index in [0.29, 0.717) is 20.7 Å². The van der Waals surface area contributed by atoms with Crippen molar-refractivity contribution >= 4 is 24.4 Å². The number of nitrogens with zero attached hydrogens (tertiary/aromatic N) is 1. The summed E-state index contributed by atoms with van der Waals surface area (Å²) in [6.45, 7) is 2.23. The van der Waals surface area contributed by atoms with Gasteiger partial charge in [-0.1, -0.05) is 0 Å². The molecule has 0 atom stereocenters. The van der Waals surface area contributed by atoms with Crippen LogP contribution in [0.4, 0.5) is 0 Å². The molecule has 66 valence electrons. The van der Waals surface area contributed by atoms with Crippen molar-refractivity contribution < 1.29 is 0 Å². The van der Waals surface area contributed by atoms with Crippen molar-refractivity contribution in [2.45, 2.75) is 5.92 Å². The third-order valence-electron chi connectivity index (χ3n) is 2.57. The van der Waals surface area contributed by atoms with Crippen LogP contribution in [0.1, 0.15) is 11.6 Å². The molecule has 0 aliphatic carbocycles. The van der Waals surface area contributed by atoms with Crippen LogP contribution >= 0.6 is 0 Å². The van der Waals surface area contributed by atoms with Gasteiger partial charge in [-0.15, -0.1) is 0 Å². The van der Waals surface area contributed by atoms with Crippen LogP contribution < -0.4 is 5.32 Å². The zero-order valence-electron chi connectivity index (χ0n) is 7.16. The monoisotopic (exact) mass is 238 g/mol. The predicted molar refractivity (Wildman–Crippen MR) is 54.3 cm³/mol. The van der Waals surface area contributed by atoms with Crippen LogP contribution in [0.2, 0.25) is 0 Å². The molecule has 0 saturated carbocycles. The van der Waals surface area contributed by atoms with Crippen molar-refractivity contribution in [1.29, 1.82) is 0 Å². The molecule has 13 heavy (non-hydrogen) atoms. The summed E-state index contributed by atoms with van der Waals surface area (Å²) in [4.78, 5) is 0. The summed E-state index contributed by atoms with van der Waals surface area (Å²) >= 11 is 0.349. The first-order valence-electron chi connectivity index (χ1n) is 4.50. The number of nitrogens with one attached hydrogen (secondary N) is 1. The topological polar surface area (TPSA) is 24.9 Å². The van der Waals surface area contributed by atoms with Crippen LogP contribution in [0.15, 0.2) is 24.3 Å². The Morgan fingerprint density at radius 2 is 2.15 bits per heavy atom. The molecule has 1 aliphatic rings. The molecule has 0 bridgehead atoms.